The molecule has 24 heavy (non-hydrogen) atoms. The number of carbonyl (C=O) groups excluding carboxylic acids is 1. The Hall–Kier alpha value is -2.09. The summed E-state index contributed by atoms with van der Waals surface area (Å²) in [4.78, 5) is 12.5. The predicted molar refractivity (Wildman–Crippen MR) is 79.2 cm³/mol. The molecule has 2 N–H and O–H groups in total. The lowest BCUT2D eigenvalue weighted by molar-refractivity contribution is -0.313. The summed E-state index contributed by atoms with van der Waals surface area (Å²) in [6.07, 6.45) is -3.92. The monoisotopic (exact) mass is 342 g/mol. The number of carbonyl (C=O) groups is 1. The second-order valence-corrected chi connectivity index (χ2v) is 6.41. The summed E-state index contributed by atoms with van der Waals surface area (Å²) in [5, 5.41) is 23.7. The number of fused-ring (bicyclic) bond motifs is 1. The standard InChI is InChI=1S/C16H17F3N2O3/c1-9-2-7-13-12(8-9)15(24,16(17,18)19)21(20-13)14(23)10-3-5-11(22)6-4-10/h3-6,9,12,22,24H,2,7-8H2,1H3/t9-,12+,15-/m1/s1. The number of phenols is 1. The molecule has 1 fully saturated rings. The zero-order chi connectivity index (χ0) is 17.7. The average molecular weight is 342 g/mol. The van der Waals surface area contributed by atoms with Crippen LogP contribution in [0.4, 0.5) is 13.2 Å². The summed E-state index contributed by atoms with van der Waals surface area (Å²) < 4.78 is 41.0. The van der Waals surface area contributed by atoms with Crippen molar-refractivity contribution < 1.29 is 28.2 Å². The van der Waals surface area contributed by atoms with Crippen LogP contribution in [0.15, 0.2) is 29.4 Å². The van der Waals surface area contributed by atoms with E-state index in [1.54, 1.807) is 0 Å². The number of aliphatic hydroxyl groups is 1. The van der Waals surface area contributed by atoms with E-state index in [-0.39, 0.29) is 34.4 Å². The Bertz CT molecular complexity index is 687. The molecular formula is C16H17F3N2O3. The van der Waals surface area contributed by atoms with Crippen molar-refractivity contribution in [1.82, 2.24) is 5.01 Å². The Balaban J connectivity index is 2.03. The van der Waals surface area contributed by atoms with Crippen LogP contribution in [-0.2, 0) is 0 Å². The molecule has 0 unspecified atom stereocenters. The molecule has 1 aliphatic carbocycles. The number of phenolic OH excluding ortho intramolecular Hbond substituents is 1. The van der Waals surface area contributed by atoms with Crippen molar-refractivity contribution in [2.24, 2.45) is 16.9 Å². The van der Waals surface area contributed by atoms with Gasteiger partial charge in [0.2, 0.25) is 0 Å². The van der Waals surface area contributed by atoms with Crippen molar-refractivity contribution in [3.63, 3.8) is 0 Å². The summed E-state index contributed by atoms with van der Waals surface area (Å²) in [5.41, 5.74) is -3.22. The number of benzene rings is 1. The van der Waals surface area contributed by atoms with Gasteiger partial charge in [0.1, 0.15) is 5.75 Å². The molecule has 0 radical (unpaired) electrons. The van der Waals surface area contributed by atoms with Crippen LogP contribution >= 0.6 is 0 Å². The molecule has 0 aromatic heterocycles. The van der Waals surface area contributed by atoms with Crippen molar-refractivity contribution in [2.75, 3.05) is 0 Å². The lowest BCUT2D eigenvalue weighted by Crippen LogP contribution is -2.61. The zero-order valence-electron chi connectivity index (χ0n) is 12.9. The highest BCUT2D eigenvalue weighted by Gasteiger charge is 2.68. The average Bonchev–Trinajstić information content (AvgIpc) is 2.81. The van der Waals surface area contributed by atoms with Gasteiger partial charge in [0.15, 0.2) is 0 Å². The normalized spacial score (nSPS) is 30.0. The number of hydrogen-bond donors (Lipinski definition) is 2. The van der Waals surface area contributed by atoms with Crippen molar-refractivity contribution in [1.29, 1.82) is 0 Å². The van der Waals surface area contributed by atoms with Gasteiger partial charge in [0.25, 0.3) is 11.6 Å². The minimum Gasteiger partial charge on any atom is -0.508 e. The summed E-state index contributed by atoms with van der Waals surface area (Å²) in [6.45, 7) is 1.82. The van der Waals surface area contributed by atoms with E-state index < -0.39 is 23.7 Å². The highest BCUT2D eigenvalue weighted by molar-refractivity contribution is 5.99. The van der Waals surface area contributed by atoms with Crippen LogP contribution in [-0.4, -0.2) is 38.7 Å². The number of nitrogens with zero attached hydrogens (tertiary/aromatic N) is 2. The van der Waals surface area contributed by atoms with Gasteiger partial charge in [-0.3, -0.25) is 4.79 Å². The van der Waals surface area contributed by atoms with Gasteiger partial charge >= 0.3 is 6.18 Å². The molecule has 1 amide bonds. The smallest absolute Gasteiger partial charge is 0.439 e. The fraction of sp³-hybridized carbons (Fsp3) is 0.500. The van der Waals surface area contributed by atoms with Crippen LogP contribution in [0.1, 0.15) is 36.5 Å². The number of hydrazone groups is 1. The van der Waals surface area contributed by atoms with E-state index >= 15 is 0 Å². The number of halogens is 3. The summed E-state index contributed by atoms with van der Waals surface area (Å²) in [7, 11) is 0. The van der Waals surface area contributed by atoms with E-state index in [1.165, 1.54) is 24.3 Å². The summed E-state index contributed by atoms with van der Waals surface area (Å²) in [5.74, 6) is -2.41. The van der Waals surface area contributed by atoms with Crippen LogP contribution in [0.5, 0.6) is 5.75 Å². The maximum atomic E-state index is 13.7. The van der Waals surface area contributed by atoms with Crippen LogP contribution in [0.25, 0.3) is 0 Å². The quantitative estimate of drug-likeness (QED) is 0.824. The number of hydrogen-bond acceptors (Lipinski definition) is 4. The zero-order valence-corrected chi connectivity index (χ0v) is 12.9. The molecule has 0 spiro atoms. The molecule has 1 aliphatic heterocycles. The highest BCUT2D eigenvalue weighted by Crippen LogP contribution is 2.49. The van der Waals surface area contributed by atoms with Crippen LogP contribution in [0, 0.1) is 11.8 Å². The second-order valence-electron chi connectivity index (χ2n) is 6.41. The molecular weight excluding hydrogens is 325 g/mol. The van der Waals surface area contributed by atoms with Gasteiger partial charge in [0.05, 0.1) is 5.92 Å². The van der Waals surface area contributed by atoms with Crippen molar-refractivity contribution in [3.8, 4) is 5.75 Å². The highest BCUT2D eigenvalue weighted by atomic mass is 19.4. The van der Waals surface area contributed by atoms with Gasteiger partial charge < -0.3 is 10.2 Å². The molecule has 0 saturated heterocycles. The van der Waals surface area contributed by atoms with Gasteiger partial charge in [0, 0.05) is 11.3 Å². The fourth-order valence-corrected chi connectivity index (χ4v) is 3.34. The van der Waals surface area contributed by atoms with Gasteiger partial charge in [-0.15, -0.1) is 0 Å². The number of aromatic hydroxyl groups is 1. The molecule has 1 aromatic carbocycles. The maximum absolute atomic E-state index is 13.7. The molecule has 3 rings (SSSR count). The van der Waals surface area contributed by atoms with Crippen LogP contribution in [0.3, 0.4) is 0 Å². The lowest BCUT2D eigenvalue weighted by Gasteiger charge is -2.39. The number of rotatable bonds is 1. The maximum Gasteiger partial charge on any atom is 0.439 e. The first-order chi connectivity index (χ1) is 11.1. The third-order valence-corrected chi connectivity index (χ3v) is 4.69. The Labute approximate surface area is 136 Å². The van der Waals surface area contributed by atoms with Crippen molar-refractivity contribution in [2.45, 2.75) is 38.1 Å². The van der Waals surface area contributed by atoms with E-state index in [0.717, 1.165) is 0 Å². The molecule has 1 saturated carbocycles. The van der Waals surface area contributed by atoms with Gasteiger partial charge in [-0.25, -0.2) is 0 Å². The lowest BCUT2D eigenvalue weighted by atomic mass is 9.76. The molecule has 5 nitrogen and oxygen atoms in total. The molecule has 1 heterocycles. The Kier molecular flexibility index (Phi) is 3.82. The van der Waals surface area contributed by atoms with E-state index in [9.17, 15) is 28.2 Å². The molecule has 130 valence electrons. The molecule has 8 heteroatoms. The Morgan fingerprint density at radius 1 is 1.33 bits per heavy atom. The van der Waals surface area contributed by atoms with Crippen LogP contribution in [0.2, 0.25) is 0 Å². The SMILES string of the molecule is C[C@@H]1CCC2=NN(C(=O)c3ccc(O)cc3)[C@](O)(C(F)(F)F)[C@H]2C1. The molecule has 2 aliphatic rings. The van der Waals surface area contributed by atoms with Gasteiger partial charge in [-0.2, -0.15) is 23.3 Å². The number of amides is 1. The van der Waals surface area contributed by atoms with Crippen molar-refractivity contribution >= 4 is 11.6 Å². The topological polar surface area (TPSA) is 73.1 Å². The van der Waals surface area contributed by atoms with Gasteiger partial charge in [-0.1, -0.05) is 6.92 Å². The first kappa shape index (κ1) is 16.8. The third kappa shape index (κ3) is 2.45. The van der Waals surface area contributed by atoms with Gasteiger partial charge in [-0.05, 0) is 49.4 Å². The molecule has 1 aromatic rings. The summed E-state index contributed by atoms with van der Waals surface area (Å²) >= 11 is 0. The van der Waals surface area contributed by atoms with E-state index in [0.29, 0.717) is 12.8 Å². The second kappa shape index (κ2) is 5.47. The van der Waals surface area contributed by atoms with E-state index in [2.05, 4.69) is 5.10 Å². The van der Waals surface area contributed by atoms with E-state index in [1.807, 2.05) is 6.92 Å². The molecule has 3 atom stereocenters. The Morgan fingerprint density at radius 3 is 2.54 bits per heavy atom. The minimum atomic E-state index is -5.04. The Morgan fingerprint density at radius 2 is 1.96 bits per heavy atom. The first-order valence-electron chi connectivity index (χ1n) is 7.64. The number of alkyl halides is 3. The predicted octanol–water partition coefficient (Wildman–Crippen LogP) is 2.89. The third-order valence-electron chi connectivity index (χ3n) is 4.69. The van der Waals surface area contributed by atoms with E-state index in [4.69, 9.17) is 0 Å². The van der Waals surface area contributed by atoms with Crippen LogP contribution < -0.4 is 0 Å². The summed E-state index contributed by atoms with van der Waals surface area (Å²) in [6, 6.07) is 4.77. The largest absolute Gasteiger partial charge is 0.508 e. The van der Waals surface area contributed by atoms with Crippen molar-refractivity contribution in [3.05, 3.63) is 29.8 Å². The minimum absolute atomic E-state index is 0.00606. The molecule has 0 bridgehead atoms. The fourth-order valence-electron chi connectivity index (χ4n) is 3.34. The first-order valence-corrected chi connectivity index (χ1v) is 7.64.